The van der Waals surface area contributed by atoms with Gasteiger partial charge < -0.3 is 14.5 Å². The first kappa shape index (κ1) is 17.3. The number of carbonyl (C=O) groups is 1. The smallest absolute Gasteiger partial charge is 0.259 e. The van der Waals surface area contributed by atoms with E-state index in [2.05, 4.69) is 9.97 Å². The van der Waals surface area contributed by atoms with Crippen LogP contribution in [-0.2, 0) is 0 Å². The van der Waals surface area contributed by atoms with Crippen LogP contribution in [0.3, 0.4) is 0 Å². The quantitative estimate of drug-likeness (QED) is 0.568. The van der Waals surface area contributed by atoms with Crippen molar-refractivity contribution in [2.45, 2.75) is 6.04 Å². The number of ether oxygens (including phenoxy) is 2. The Morgan fingerprint density at radius 3 is 2.62 bits per heavy atom. The zero-order chi connectivity index (χ0) is 20.0. The van der Waals surface area contributed by atoms with E-state index in [1.54, 1.807) is 20.5 Å². The highest BCUT2D eigenvalue weighted by Crippen LogP contribution is 2.43. The van der Waals surface area contributed by atoms with E-state index >= 15 is 0 Å². The van der Waals surface area contributed by atoms with Crippen LogP contribution in [0.25, 0.3) is 11.0 Å². The lowest BCUT2D eigenvalue weighted by atomic mass is 9.97. The average molecular weight is 385 g/mol. The van der Waals surface area contributed by atoms with Crippen LogP contribution in [0.4, 0.5) is 5.69 Å². The summed E-state index contributed by atoms with van der Waals surface area (Å²) >= 11 is 0. The summed E-state index contributed by atoms with van der Waals surface area (Å²) in [5.74, 6) is 1.25. The fraction of sp³-hybridized carbons (Fsp3) is 0.130. The third-order valence-corrected chi connectivity index (χ3v) is 5.37. The molecule has 0 radical (unpaired) electrons. The molecule has 29 heavy (non-hydrogen) atoms. The van der Waals surface area contributed by atoms with Crippen LogP contribution in [0, 0.1) is 0 Å². The zero-order valence-electron chi connectivity index (χ0n) is 16.0. The van der Waals surface area contributed by atoms with Crippen molar-refractivity contribution in [3.63, 3.8) is 0 Å². The molecule has 1 aromatic heterocycles. The van der Waals surface area contributed by atoms with Crippen LogP contribution >= 0.6 is 0 Å². The van der Waals surface area contributed by atoms with Gasteiger partial charge in [0.25, 0.3) is 5.91 Å². The van der Waals surface area contributed by atoms with Gasteiger partial charge in [-0.05, 0) is 47.5 Å². The predicted molar refractivity (Wildman–Crippen MR) is 111 cm³/mol. The number of carbonyl (C=O) groups excluding carboxylic acids is 1. The normalized spacial score (nSPS) is 15.6. The number of H-pyrrole nitrogens is 1. The van der Waals surface area contributed by atoms with Crippen molar-refractivity contribution in [3.8, 4) is 11.5 Å². The molecule has 0 saturated carbocycles. The largest absolute Gasteiger partial charge is 0.493 e. The maximum atomic E-state index is 13.4. The van der Waals surface area contributed by atoms with Crippen LogP contribution < -0.4 is 14.4 Å². The van der Waals surface area contributed by atoms with Crippen molar-refractivity contribution in [3.05, 3.63) is 83.7 Å². The maximum absolute atomic E-state index is 13.4. The number of rotatable bonds is 4. The van der Waals surface area contributed by atoms with Gasteiger partial charge in [-0.1, -0.05) is 24.3 Å². The molecule has 1 N–H and O–H groups in total. The van der Waals surface area contributed by atoms with Crippen molar-refractivity contribution in [2.24, 2.45) is 0 Å². The molecule has 1 amide bonds. The van der Waals surface area contributed by atoms with Gasteiger partial charge in [-0.25, -0.2) is 4.98 Å². The summed E-state index contributed by atoms with van der Waals surface area (Å²) in [6.45, 7) is 0. The van der Waals surface area contributed by atoms with E-state index in [0.29, 0.717) is 17.1 Å². The molecule has 0 aliphatic carbocycles. The highest BCUT2D eigenvalue weighted by atomic mass is 16.5. The molecule has 1 atom stereocenters. The monoisotopic (exact) mass is 385 g/mol. The van der Waals surface area contributed by atoms with Gasteiger partial charge in [0, 0.05) is 11.3 Å². The molecule has 144 valence electrons. The standard InChI is InChI=1S/C23H19N3O3/c1-28-20-10-7-14(11-21(20)29-2)22-16-5-3-4-6-17(16)23(27)26(22)15-8-9-18-19(12-15)25-13-24-18/h3-13,22H,1-2H3,(H,24,25). The second-order valence-corrected chi connectivity index (χ2v) is 6.88. The number of hydrogen-bond acceptors (Lipinski definition) is 4. The van der Waals surface area contributed by atoms with Crippen LogP contribution in [0.2, 0.25) is 0 Å². The van der Waals surface area contributed by atoms with Crippen LogP contribution in [0.15, 0.2) is 67.0 Å². The molecule has 4 aromatic rings. The second kappa shape index (κ2) is 6.67. The Balaban J connectivity index is 1.70. The van der Waals surface area contributed by atoms with Gasteiger partial charge >= 0.3 is 0 Å². The van der Waals surface area contributed by atoms with Gasteiger partial charge in [-0.15, -0.1) is 0 Å². The van der Waals surface area contributed by atoms with Crippen LogP contribution in [0.5, 0.6) is 11.5 Å². The Morgan fingerprint density at radius 2 is 1.79 bits per heavy atom. The number of fused-ring (bicyclic) bond motifs is 2. The fourth-order valence-corrected chi connectivity index (χ4v) is 4.00. The molecule has 5 rings (SSSR count). The van der Waals surface area contributed by atoms with E-state index in [9.17, 15) is 4.79 Å². The summed E-state index contributed by atoms with van der Waals surface area (Å²) in [7, 11) is 3.22. The number of imidazole rings is 1. The Bertz CT molecular complexity index is 1230. The summed E-state index contributed by atoms with van der Waals surface area (Å²) in [6, 6.07) is 19.1. The van der Waals surface area contributed by atoms with Gasteiger partial charge in [0.05, 0.1) is 37.6 Å². The summed E-state index contributed by atoms with van der Waals surface area (Å²) in [5, 5.41) is 0. The lowest BCUT2D eigenvalue weighted by molar-refractivity contribution is 0.0993. The molecule has 0 bridgehead atoms. The highest BCUT2D eigenvalue weighted by molar-refractivity contribution is 6.12. The van der Waals surface area contributed by atoms with Gasteiger partial charge in [0.1, 0.15) is 0 Å². The minimum Gasteiger partial charge on any atom is -0.493 e. The number of aromatic amines is 1. The Morgan fingerprint density at radius 1 is 0.966 bits per heavy atom. The Labute approximate surface area is 167 Å². The van der Waals surface area contributed by atoms with Gasteiger partial charge in [-0.2, -0.15) is 0 Å². The molecular weight excluding hydrogens is 366 g/mol. The molecule has 0 spiro atoms. The Kier molecular flexibility index (Phi) is 3.98. The number of methoxy groups -OCH3 is 2. The lowest BCUT2D eigenvalue weighted by Crippen LogP contribution is -2.28. The molecule has 6 nitrogen and oxygen atoms in total. The molecule has 0 fully saturated rings. The molecule has 2 heterocycles. The first-order valence-corrected chi connectivity index (χ1v) is 9.29. The number of hydrogen-bond donors (Lipinski definition) is 1. The first-order valence-electron chi connectivity index (χ1n) is 9.29. The fourth-order valence-electron chi connectivity index (χ4n) is 4.00. The summed E-state index contributed by atoms with van der Waals surface area (Å²) in [6.07, 6.45) is 1.65. The topological polar surface area (TPSA) is 67.5 Å². The van der Waals surface area contributed by atoms with Crippen molar-refractivity contribution >= 4 is 22.6 Å². The predicted octanol–water partition coefficient (Wildman–Crippen LogP) is 4.33. The minimum atomic E-state index is -0.269. The van der Waals surface area contributed by atoms with E-state index in [1.807, 2.05) is 65.6 Å². The summed E-state index contributed by atoms with van der Waals surface area (Å²) in [4.78, 5) is 22.6. The van der Waals surface area contributed by atoms with Crippen LogP contribution in [0.1, 0.15) is 27.5 Å². The van der Waals surface area contributed by atoms with E-state index in [1.165, 1.54) is 0 Å². The molecule has 1 aliphatic rings. The second-order valence-electron chi connectivity index (χ2n) is 6.88. The number of anilines is 1. The van der Waals surface area contributed by atoms with Crippen molar-refractivity contribution in [1.82, 2.24) is 9.97 Å². The number of amides is 1. The number of benzene rings is 3. The Hall–Kier alpha value is -3.80. The van der Waals surface area contributed by atoms with E-state index < -0.39 is 0 Å². The molecule has 3 aromatic carbocycles. The average Bonchev–Trinajstić information content (AvgIpc) is 3.35. The molecule has 6 heteroatoms. The lowest BCUT2D eigenvalue weighted by Gasteiger charge is -2.26. The third kappa shape index (κ3) is 2.64. The SMILES string of the molecule is COc1ccc(C2c3ccccc3C(=O)N2c2ccc3[nH]cnc3c2)cc1OC. The van der Waals surface area contributed by atoms with E-state index in [-0.39, 0.29) is 11.9 Å². The minimum absolute atomic E-state index is 0.0322. The maximum Gasteiger partial charge on any atom is 0.259 e. The zero-order valence-corrected chi connectivity index (χ0v) is 16.0. The number of nitrogens with one attached hydrogen (secondary N) is 1. The van der Waals surface area contributed by atoms with Crippen molar-refractivity contribution in [2.75, 3.05) is 19.1 Å². The van der Waals surface area contributed by atoms with E-state index in [0.717, 1.165) is 27.8 Å². The summed E-state index contributed by atoms with van der Waals surface area (Å²) in [5.41, 5.74) is 5.16. The summed E-state index contributed by atoms with van der Waals surface area (Å²) < 4.78 is 10.9. The number of nitrogens with zero attached hydrogens (tertiary/aromatic N) is 2. The molecule has 1 unspecified atom stereocenters. The third-order valence-electron chi connectivity index (χ3n) is 5.37. The molecule has 1 aliphatic heterocycles. The van der Waals surface area contributed by atoms with Gasteiger partial charge in [-0.3, -0.25) is 9.69 Å². The highest BCUT2D eigenvalue weighted by Gasteiger charge is 2.38. The van der Waals surface area contributed by atoms with Gasteiger partial charge in [0.15, 0.2) is 11.5 Å². The van der Waals surface area contributed by atoms with E-state index in [4.69, 9.17) is 9.47 Å². The molecule has 0 saturated heterocycles. The van der Waals surface area contributed by atoms with Gasteiger partial charge in [0.2, 0.25) is 0 Å². The van der Waals surface area contributed by atoms with Crippen molar-refractivity contribution in [1.29, 1.82) is 0 Å². The van der Waals surface area contributed by atoms with Crippen LogP contribution in [-0.4, -0.2) is 30.1 Å². The first-order chi connectivity index (χ1) is 14.2. The number of aromatic nitrogens is 2. The molecular formula is C23H19N3O3. The van der Waals surface area contributed by atoms with Crippen molar-refractivity contribution < 1.29 is 14.3 Å².